The predicted molar refractivity (Wildman–Crippen MR) is 126 cm³/mol. The molecular formula is C22H28ClN4O2S+. The van der Waals surface area contributed by atoms with Gasteiger partial charge in [-0.2, -0.15) is 0 Å². The smallest absolute Gasteiger partial charge is 0.257 e. The van der Waals surface area contributed by atoms with Gasteiger partial charge in [-0.05, 0) is 68.5 Å². The molecule has 0 bridgehead atoms. The number of anilines is 2. The van der Waals surface area contributed by atoms with Gasteiger partial charge in [0.15, 0.2) is 5.11 Å². The van der Waals surface area contributed by atoms with Gasteiger partial charge in [0.2, 0.25) is 0 Å². The number of benzene rings is 2. The fourth-order valence-corrected chi connectivity index (χ4v) is 3.89. The molecule has 8 heteroatoms. The Balaban J connectivity index is 1.53. The SMILES string of the molecule is CCOc1ccc(C(=O)NC(=S)Nc2ccc(N3CC[NH+](CC)CC3)cc2)cc1Cl. The monoisotopic (exact) mass is 447 g/mol. The maximum absolute atomic E-state index is 12.4. The van der Waals surface area contributed by atoms with E-state index < -0.39 is 0 Å². The van der Waals surface area contributed by atoms with Crippen LogP contribution in [0, 0.1) is 0 Å². The summed E-state index contributed by atoms with van der Waals surface area (Å²) in [5.41, 5.74) is 2.44. The number of carbonyl (C=O) groups excluding carboxylic acids is 1. The van der Waals surface area contributed by atoms with Crippen LogP contribution >= 0.6 is 23.8 Å². The van der Waals surface area contributed by atoms with Crippen molar-refractivity contribution in [3.63, 3.8) is 0 Å². The average molecular weight is 448 g/mol. The summed E-state index contributed by atoms with van der Waals surface area (Å²) in [5, 5.41) is 6.36. The molecule has 1 saturated heterocycles. The van der Waals surface area contributed by atoms with E-state index in [1.807, 2.05) is 19.1 Å². The molecule has 1 amide bonds. The van der Waals surface area contributed by atoms with Gasteiger partial charge in [-0.1, -0.05) is 11.6 Å². The molecule has 0 saturated carbocycles. The highest BCUT2D eigenvalue weighted by Crippen LogP contribution is 2.25. The van der Waals surface area contributed by atoms with Crippen molar-refractivity contribution in [2.75, 3.05) is 49.5 Å². The van der Waals surface area contributed by atoms with Crippen molar-refractivity contribution in [3.05, 3.63) is 53.1 Å². The minimum absolute atomic E-state index is 0.234. The number of nitrogens with zero attached hydrogens (tertiary/aromatic N) is 1. The Morgan fingerprint density at radius 2 is 1.87 bits per heavy atom. The van der Waals surface area contributed by atoms with Gasteiger partial charge in [0.05, 0.1) is 44.4 Å². The zero-order chi connectivity index (χ0) is 21.5. The van der Waals surface area contributed by atoms with Crippen LogP contribution < -0.4 is 25.2 Å². The van der Waals surface area contributed by atoms with Crippen LogP contribution in [0.4, 0.5) is 11.4 Å². The Bertz CT molecular complexity index is 883. The molecule has 30 heavy (non-hydrogen) atoms. The normalized spacial score (nSPS) is 14.3. The van der Waals surface area contributed by atoms with Crippen LogP contribution in [-0.4, -0.2) is 50.4 Å². The molecule has 3 N–H and O–H groups in total. The van der Waals surface area contributed by atoms with Gasteiger partial charge in [0.25, 0.3) is 5.91 Å². The second kappa shape index (κ2) is 10.6. The van der Waals surface area contributed by atoms with E-state index in [9.17, 15) is 4.79 Å². The van der Waals surface area contributed by atoms with Crippen molar-refractivity contribution in [1.29, 1.82) is 0 Å². The van der Waals surface area contributed by atoms with Crippen LogP contribution in [0.25, 0.3) is 0 Å². The maximum atomic E-state index is 12.4. The van der Waals surface area contributed by atoms with Crippen molar-refractivity contribution >= 4 is 46.2 Å². The van der Waals surface area contributed by atoms with Gasteiger partial charge in [0, 0.05) is 16.9 Å². The van der Waals surface area contributed by atoms with Crippen LogP contribution in [0.3, 0.4) is 0 Å². The summed E-state index contributed by atoms with van der Waals surface area (Å²) in [7, 11) is 0. The number of rotatable bonds is 6. The van der Waals surface area contributed by atoms with E-state index in [0.29, 0.717) is 22.9 Å². The molecular weight excluding hydrogens is 420 g/mol. The fraction of sp³-hybridized carbons (Fsp3) is 0.364. The number of piperazine rings is 1. The minimum atomic E-state index is -0.328. The lowest BCUT2D eigenvalue weighted by Gasteiger charge is -2.33. The Morgan fingerprint density at radius 3 is 2.47 bits per heavy atom. The summed E-state index contributed by atoms with van der Waals surface area (Å²) in [6.07, 6.45) is 0. The highest BCUT2D eigenvalue weighted by Gasteiger charge is 2.18. The Hall–Kier alpha value is -2.35. The number of hydrogen-bond donors (Lipinski definition) is 3. The van der Waals surface area contributed by atoms with Crippen LogP contribution in [0.2, 0.25) is 5.02 Å². The summed E-state index contributed by atoms with van der Waals surface area (Å²) < 4.78 is 5.39. The van der Waals surface area contributed by atoms with Gasteiger partial charge in [0.1, 0.15) is 5.75 Å². The molecule has 6 nitrogen and oxygen atoms in total. The van der Waals surface area contributed by atoms with Crippen molar-refractivity contribution in [3.8, 4) is 5.75 Å². The number of hydrogen-bond acceptors (Lipinski definition) is 4. The molecule has 1 heterocycles. The maximum Gasteiger partial charge on any atom is 0.257 e. The molecule has 1 fully saturated rings. The second-order valence-corrected chi connectivity index (χ2v) is 7.94. The molecule has 3 rings (SSSR count). The summed E-state index contributed by atoms with van der Waals surface area (Å²) in [6.45, 7) is 10.3. The first-order valence-electron chi connectivity index (χ1n) is 10.2. The van der Waals surface area contributed by atoms with Crippen molar-refractivity contribution < 1.29 is 14.4 Å². The first-order chi connectivity index (χ1) is 14.5. The number of halogens is 1. The summed E-state index contributed by atoms with van der Waals surface area (Å²) in [6, 6.07) is 13.0. The average Bonchev–Trinajstić information content (AvgIpc) is 2.76. The van der Waals surface area contributed by atoms with Crippen molar-refractivity contribution in [2.24, 2.45) is 0 Å². The highest BCUT2D eigenvalue weighted by atomic mass is 35.5. The fourth-order valence-electron chi connectivity index (χ4n) is 3.44. The Labute approximate surface area is 188 Å². The number of thiocarbonyl (C=S) groups is 1. The largest absolute Gasteiger partial charge is 0.492 e. The molecule has 160 valence electrons. The molecule has 0 radical (unpaired) electrons. The molecule has 0 spiro atoms. The van der Waals surface area contributed by atoms with Crippen LogP contribution in [0.1, 0.15) is 24.2 Å². The van der Waals surface area contributed by atoms with Crippen LogP contribution in [0.15, 0.2) is 42.5 Å². The number of quaternary nitrogens is 1. The van der Waals surface area contributed by atoms with E-state index in [1.54, 1.807) is 23.1 Å². The minimum Gasteiger partial charge on any atom is -0.492 e. The molecule has 0 unspecified atom stereocenters. The van der Waals surface area contributed by atoms with Gasteiger partial charge < -0.3 is 19.9 Å². The van der Waals surface area contributed by atoms with Crippen molar-refractivity contribution in [1.82, 2.24) is 5.32 Å². The predicted octanol–water partition coefficient (Wildman–Crippen LogP) is 2.59. The summed E-state index contributed by atoms with van der Waals surface area (Å²) >= 11 is 11.4. The molecule has 0 aromatic heterocycles. The molecule has 0 aliphatic carbocycles. The zero-order valence-corrected chi connectivity index (χ0v) is 18.9. The first-order valence-corrected chi connectivity index (χ1v) is 11.0. The van der Waals surface area contributed by atoms with E-state index in [4.69, 9.17) is 28.6 Å². The molecule has 1 aliphatic heterocycles. The molecule has 1 aliphatic rings. The summed E-state index contributed by atoms with van der Waals surface area (Å²) in [4.78, 5) is 16.5. The molecule has 2 aromatic rings. The highest BCUT2D eigenvalue weighted by molar-refractivity contribution is 7.80. The summed E-state index contributed by atoms with van der Waals surface area (Å²) in [5.74, 6) is 0.222. The quantitative estimate of drug-likeness (QED) is 0.594. The van der Waals surface area contributed by atoms with Gasteiger partial charge in [-0.3, -0.25) is 10.1 Å². The first kappa shape index (κ1) is 22.3. The van der Waals surface area contributed by atoms with E-state index in [1.165, 1.54) is 25.3 Å². The van der Waals surface area contributed by atoms with Crippen LogP contribution in [0.5, 0.6) is 5.75 Å². The second-order valence-electron chi connectivity index (χ2n) is 7.12. The lowest BCUT2D eigenvalue weighted by molar-refractivity contribution is -0.898. The standard InChI is InChI=1S/C22H27ClN4O2S/c1-3-26-11-13-27(14-12-26)18-8-6-17(7-9-18)24-22(30)25-21(28)16-5-10-20(29-4-2)19(23)15-16/h5-10,15H,3-4,11-14H2,1-2H3,(H2,24,25,28,30)/p+1. The number of likely N-dealkylation sites (N-methyl/N-ethyl adjacent to an activating group) is 1. The Kier molecular flexibility index (Phi) is 7.90. The van der Waals surface area contributed by atoms with Gasteiger partial charge in [-0.15, -0.1) is 0 Å². The third-order valence-electron chi connectivity index (χ3n) is 5.18. The lowest BCUT2D eigenvalue weighted by Crippen LogP contribution is -3.14. The van der Waals surface area contributed by atoms with E-state index in [2.05, 4.69) is 34.6 Å². The molecule has 0 atom stereocenters. The lowest BCUT2D eigenvalue weighted by atomic mass is 10.2. The van der Waals surface area contributed by atoms with E-state index >= 15 is 0 Å². The number of ether oxygens (including phenoxy) is 1. The van der Waals surface area contributed by atoms with Crippen molar-refractivity contribution in [2.45, 2.75) is 13.8 Å². The van der Waals surface area contributed by atoms with Gasteiger partial charge in [-0.25, -0.2) is 0 Å². The Morgan fingerprint density at radius 1 is 1.17 bits per heavy atom. The third kappa shape index (κ3) is 5.84. The number of carbonyl (C=O) groups is 1. The van der Waals surface area contributed by atoms with Crippen LogP contribution in [-0.2, 0) is 0 Å². The van der Waals surface area contributed by atoms with E-state index in [-0.39, 0.29) is 11.0 Å². The number of amides is 1. The topological polar surface area (TPSA) is 58.0 Å². The zero-order valence-electron chi connectivity index (χ0n) is 17.3. The third-order valence-corrected chi connectivity index (χ3v) is 5.68. The number of nitrogens with one attached hydrogen (secondary N) is 3. The van der Waals surface area contributed by atoms with E-state index in [0.717, 1.165) is 18.8 Å². The molecule has 2 aromatic carbocycles. The van der Waals surface area contributed by atoms with Gasteiger partial charge >= 0.3 is 0 Å².